The van der Waals surface area contributed by atoms with E-state index in [0.717, 1.165) is 0 Å². The lowest BCUT2D eigenvalue weighted by Crippen LogP contribution is -1.96. The minimum Gasteiger partial charge on any atom is -0.392 e. The van der Waals surface area contributed by atoms with Crippen molar-refractivity contribution in [1.29, 1.82) is 0 Å². The molecule has 0 saturated carbocycles. The van der Waals surface area contributed by atoms with E-state index >= 15 is 0 Å². The summed E-state index contributed by atoms with van der Waals surface area (Å²) < 4.78 is 14.0. The first-order valence-corrected chi connectivity index (χ1v) is 4.42. The lowest BCUT2D eigenvalue weighted by atomic mass is 10.1. The van der Waals surface area contributed by atoms with Crippen LogP contribution >= 0.6 is 15.9 Å². The summed E-state index contributed by atoms with van der Waals surface area (Å²) >= 11 is 3.22. The van der Waals surface area contributed by atoms with Crippen molar-refractivity contribution in [3.63, 3.8) is 0 Å². The third-order valence-electron chi connectivity index (χ3n) is 1.97. The molecule has 0 unspecified atom stereocenters. The average Bonchev–Trinajstić information content (AvgIpc) is 2.08. The Kier molecular flexibility index (Phi) is 2.85. The van der Waals surface area contributed by atoms with Crippen molar-refractivity contribution in [3.05, 3.63) is 33.0 Å². The number of hydrogen-bond acceptors (Lipinski definition) is 1. The van der Waals surface area contributed by atoms with Crippen LogP contribution in [0.5, 0.6) is 0 Å². The van der Waals surface area contributed by atoms with E-state index in [0.29, 0.717) is 21.2 Å². The molecule has 0 bridgehead atoms. The molecule has 0 aromatic heterocycles. The predicted molar refractivity (Wildman–Crippen MR) is 49.5 cm³/mol. The number of benzene rings is 1. The van der Waals surface area contributed by atoms with Gasteiger partial charge in [-0.2, -0.15) is 0 Å². The van der Waals surface area contributed by atoms with Crippen LogP contribution in [0.1, 0.15) is 16.7 Å². The van der Waals surface area contributed by atoms with Gasteiger partial charge in [0, 0.05) is 4.47 Å². The molecular formula is C9H10BrFO. The van der Waals surface area contributed by atoms with E-state index < -0.39 is 0 Å². The predicted octanol–water partition coefficient (Wildman–Crippen LogP) is 2.70. The molecule has 12 heavy (non-hydrogen) atoms. The van der Waals surface area contributed by atoms with E-state index in [1.54, 1.807) is 19.9 Å². The van der Waals surface area contributed by atoms with Gasteiger partial charge in [-0.05, 0) is 36.6 Å². The van der Waals surface area contributed by atoms with Crippen molar-refractivity contribution in [2.75, 3.05) is 0 Å². The number of halogens is 2. The van der Waals surface area contributed by atoms with Gasteiger partial charge in [0.15, 0.2) is 0 Å². The van der Waals surface area contributed by atoms with E-state index in [-0.39, 0.29) is 12.4 Å². The Balaban J connectivity index is 3.39. The van der Waals surface area contributed by atoms with Crippen molar-refractivity contribution >= 4 is 15.9 Å². The highest BCUT2D eigenvalue weighted by Gasteiger charge is 2.09. The van der Waals surface area contributed by atoms with Gasteiger partial charge >= 0.3 is 0 Å². The second kappa shape index (κ2) is 3.54. The normalized spacial score (nSPS) is 10.4. The summed E-state index contributed by atoms with van der Waals surface area (Å²) in [6.07, 6.45) is 0. The highest BCUT2D eigenvalue weighted by molar-refractivity contribution is 9.10. The second-order valence-corrected chi connectivity index (χ2v) is 3.59. The SMILES string of the molecule is Cc1c(Br)cc(CO)c(C)c1F. The Labute approximate surface area is 79.4 Å². The lowest BCUT2D eigenvalue weighted by Gasteiger charge is -2.08. The number of rotatable bonds is 1. The van der Waals surface area contributed by atoms with Gasteiger partial charge in [0.2, 0.25) is 0 Å². The smallest absolute Gasteiger partial charge is 0.130 e. The summed E-state index contributed by atoms with van der Waals surface area (Å²) in [5.74, 6) is -0.242. The van der Waals surface area contributed by atoms with Crippen LogP contribution < -0.4 is 0 Å². The van der Waals surface area contributed by atoms with Crippen molar-refractivity contribution in [2.24, 2.45) is 0 Å². The highest BCUT2D eigenvalue weighted by atomic mass is 79.9. The quantitative estimate of drug-likeness (QED) is 0.790. The maximum atomic E-state index is 13.3. The van der Waals surface area contributed by atoms with Crippen LogP contribution in [0.3, 0.4) is 0 Å². The van der Waals surface area contributed by atoms with Crippen molar-refractivity contribution < 1.29 is 9.50 Å². The van der Waals surface area contributed by atoms with Crippen LogP contribution in [0.25, 0.3) is 0 Å². The molecule has 0 amide bonds. The van der Waals surface area contributed by atoms with E-state index in [1.165, 1.54) is 0 Å². The molecule has 0 saturated heterocycles. The fourth-order valence-electron chi connectivity index (χ4n) is 1.06. The fourth-order valence-corrected chi connectivity index (χ4v) is 1.51. The van der Waals surface area contributed by atoms with Gasteiger partial charge in [-0.1, -0.05) is 15.9 Å². The minimum atomic E-state index is -0.242. The molecule has 0 heterocycles. The molecule has 0 radical (unpaired) electrons. The van der Waals surface area contributed by atoms with Gasteiger partial charge in [-0.15, -0.1) is 0 Å². The average molecular weight is 233 g/mol. The number of aliphatic hydroxyl groups is 1. The molecule has 1 N–H and O–H groups in total. The largest absolute Gasteiger partial charge is 0.392 e. The third kappa shape index (κ3) is 1.52. The summed E-state index contributed by atoms with van der Waals surface area (Å²) in [4.78, 5) is 0. The van der Waals surface area contributed by atoms with Gasteiger partial charge in [-0.3, -0.25) is 0 Å². The van der Waals surface area contributed by atoms with Gasteiger partial charge in [-0.25, -0.2) is 4.39 Å². The third-order valence-corrected chi connectivity index (χ3v) is 2.79. The first kappa shape index (κ1) is 9.68. The minimum absolute atomic E-state index is 0.123. The maximum Gasteiger partial charge on any atom is 0.130 e. The Morgan fingerprint density at radius 2 is 2.00 bits per heavy atom. The highest BCUT2D eigenvalue weighted by Crippen LogP contribution is 2.24. The van der Waals surface area contributed by atoms with Gasteiger partial charge in [0.1, 0.15) is 5.82 Å². The molecule has 0 fully saturated rings. The van der Waals surface area contributed by atoms with Crippen molar-refractivity contribution in [2.45, 2.75) is 20.5 Å². The molecular weight excluding hydrogens is 223 g/mol. The Hall–Kier alpha value is -0.410. The molecule has 1 aromatic rings. The van der Waals surface area contributed by atoms with E-state index in [9.17, 15) is 4.39 Å². The van der Waals surface area contributed by atoms with Crippen molar-refractivity contribution in [3.8, 4) is 0 Å². The van der Waals surface area contributed by atoms with Crippen LogP contribution in [-0.2, 0) is 6.61 Å². The number of aliphatic hydroxyl groups excluding tert-OH is 1. The summed E-state index contributed by atoms with van der Waals surface area (Å²) in [5, 5.41) is 8.87. The summed E-state index contributed by atoms with van der Waals surface area (Å²) in [6, 6.07) is 1.74. The molecule has 3 heteroatoms. The summed E-state index contributed by atoms with van der Waals surface area (Å²) in [7, 11) is 0. The van der Waals surface area contributed by atoms with E-state index in [1.807, 2.05) is 0 Å². The topological polar surface area (TPSA) is 20.2 Å². The first-order valence-electron chi connectivity index (χ1n) is 3.63. The lowest BCUT2D eigenvalue weighted by molar-refractivity contribution is 0.280. The van der Waals surface area contributed by atoms with Crippen LogP contribution in [0, 0.1) is 19.7 Å². The molecule has 66 valence electrons. The summed E-state index contributed by atoms with van der Waals surface area (Å²) in [5.41, 5.74) is 1.74. The second-order valence-electron chi connectivity index (χ2n) is 2.74. The van der Waals surface area contributed by atoms with Gasteiger partial charge in [0.25, 0.3) is 0 Å². The Morgan fingerprint density at radius 3 is 2.50 bits per heavy atom. The van der Waals surface area contributed by atoms with Gasteiger partial charge in [0.05, 0.1) is 6.61 Å². The molecule has 0 aliphatic rings. The van der Waals surface area contributed by atoms with Crippen molar-refractivity contribution in [1.82, 2.24) is 0 Å². The summed E-state index contributed by atoms with van der Waals surface area (Å²) in [6.45, 7) is 3.25. The standard InChI is InChI=1S/C9H10BrFO/c1-5-7(4-12)3-8(10)6(2)9(5)11/h3,12H,4H2,1-2H3. The molecule has 0 spiro atoms. The Morgan fingerprint density at radius 1 is 1.42 bits per heavy atom. The van der Waals surface area contributed by atoms with Crippen LogP contribution in [0.2, 0.25) is 0 Å². The molecule has 1 rings (SSSR count). The van der Waals surface area contributed by atoms with Crippen LogP contribution in [0.15, 0.2) is 10.5 Å². The first-order chi connectivity index (χ1) is 5.57. The monoisotopic (exact) mass is 232 g/mol. The van der Waals surface area contributed by atoms with Crippen LogP contribution in [0.4, 0.5) is 4.39 Å². The zero-order valence-electron chi connectivity index (χ0n) is 6.99. The molecule has 1 aromatic carbocycles. The van der Waals surface area contributed by atoms with E-state index in [4.69, 9.17) is 5.11 Å². The zero-order chi connectivity index (χ0) is 9.30. The molecule has 0 aliphatic carbocycles. The zero-order valence-corrected chi connectivity index (χ0v) is 8.57. The fraction of sp³-hybridized carbons (Fsp3) is 0.333. The van der Waals surface area contributed by atoms with Crippen LogP contribution in [-0.4, -0.2) is 5.11 Å². The maximum absolute atomic E-state index is 13.3. The van der Waals surface area contributed by atoms with E-state index in [2.05, 4.69) is 15.9 Å². The Bertz CT molecular complexity index is 310. The van der Waals surface area contributed by atoms with Gasteiger partial charge < -0.3 is 5.11 Å². The number of hydrogen-bond donors (Lipinski definition) is 1. The molecule has 1 nitrogen and oxygen atoms in total. The molecule has 0 aliphatic heterocycles. The molecule has 0 atom stereocenters.